The van der Waals surface area contributed by atoms with E-state index >= 15 is 0 Å². The highest BCUT2D eigenvalue weighted by atomic mass is 127. The number of likely N-dealkylation sites (N-methyl/N-ethyl adjacent to an activating group) is 1. The number of rotatable bonds is 9. The van der Waals surface area contributed by atoms with Crippen LogP contribution in [0.1, 0.15) is 31.9 Å². The molecule has 0 atom stereocenters. The fourth-order valence-electron chi connectivity index (χ4n) is 2.67. The molecule has 6 heteroatoms. The Kier molecular flexibility index (Phi) is 12.7. The lowest BCUT2D eigenvalue weighted by Gasteiger charge is -2.25. The molecule has 0 heterocycles. The van der Waals surface area contributed by atoms with Gasteiger partial charge in [0.15, 0.2) is 5.96 Å². The van der Waals surface area contributed by atoms with E-state index in [1.165, 1.54) is 5.56 Å². The van der Waals surface area contributed by atoms with Crippen molar-refractivity contribution in [1.29, 1.82) is 0 Å². The number of guanidine groups is 1. The zero-order valence-corrected chi connectivity index (χ0v) is 18.9. The molecule has 0 aliphatic rings. The summed E-state index contributed by atoms with van der Waals surface area (Å²) in [6.45, 7) is 12.5. The van der Waals surface area contributed by atoms with Gasteiger partial charge in [-0.1, -0.05) is 19.1 Å². The van der Waals surface area contributed by atoms with Crippen molar-refractivity contribution in [3.8, 4) is 5.75 Å². The maximum Gasteiger partial charge on any atom is 0.191 e. The Balaban J connectivity index is 0.00000576. The van der Waals surface area contributed by atoms with Crippen LogP contribution in [0.2, 0.25) is 0 Å². The largest absolute Gasteiger partial charge is 0.496 e. The molecule has 0 aromatic heterocycles. The molecule has 0 fully saturated rings. The lowest BCUT2D eigenvalue weighted by Crippen LogP contribution is -2.43. The van der Waals surface area contributed by atoms with Crippen LogP contribution in [-0.2, 0) is 6.42 Å². The van der Waals surface area contributed by atoms with Gasteiger partial charge in [-0.25, -0.2) is 0 Å². The maximum absolute atomic E-state index is 5.38. The summed E-state index contributed by atoms with van der Waals surface area (Å²) in [5, 5.41) is 6.75. The Morgan fingerprint density at radius 1 is 1.24 bits per heavy atom. The summed E-state index contributed by atoms with van der Waals surface area (Å²) in [6, 6.07) is 6.93. The lowest BCUT2D eigenvalue weighted by atomic mass is 10.1. The number of aryl methyl sites for hydroxylation is 1. The summed E-state index contributed by atoms with van der Waals surface area (Å²) in [5.41, 5.74) is 2.43. The summed E-state index contributed by atoms with van der Waals surface area (Å²) in [4.78, 5) is 6.72. The van der Waals surface area contributed by atoms with Gasteiger partial charge in [0.2, 0.25) is 0 Å². The molecule has 0 aliphatic heterocycles. The predicted molar refractivity (Wildman–Crippen MR) is 119 cm³/mol. The highest BCUT2D eigenvalue weighted by molar-refractivity contribution is 14.0. The molecule has 1 aromatic carbocycles. The first-order chi connectivity index (χ1) is 11.5. The molecular weight excluding hydrogens is 427 g/mol. The number of halogens is 1. The molecule has 0 saturated carbocycles. The SMILES string of the molecule is CCN(CCNC(=NC)NCCc1ccc(C)c(OC)c1)C(C)C.I. The van der Waals surface area contributed by atoms with Gasteiger partial charge in [-0.05, 0) is 50.9 Å². The molecule has 144 valence electrons. The normalized spacial score (nSPS) is 11.4. The zero-order valence-electron chi connectivity index (χ0n) is 16.6. The smallest absolute Gasteiger partial charge is 0.191 e. The van der Waals surface area contributed by atoms with E-state index in [0.717, 1.165) is 49.9 Å². The Morgan fingerprint density at radius 2 is 1.92 bits per heavy atom. The Labute approximate surface area is 170 Å². The van der Waals surface area contributed by atoms with Crippen molar-refractivity contribution in [2.45, 2.75) is 40.2 Å². The Hall–Kier alpha value is -1.02. The van der Waals surface area contributed by atoms with Crippen LogP contribution in [-0.4, -0.2) is 57.2 Å². The van der Waals surface area contributed by atoms with E-state index in [9.17, 15) is 0 Å². The third-order valence-electron chi connectivity index (χ3n) is 4.23. The van der Waals surface area contributed by atoms with Crippen LogP contribution in [0.25, 0.3) is 0 Å². The van der Waals surface area contributed by atoms with Crippen molar-refractivity contribution in [1.82, 2.24) is 15.5 Å². The van der Waals surface area contributed by atoms with Crippen LogP contribution < -0.4 is 15.4 Å². The lowest BCUT2D eigenvalue weighted by molar-refractivity contribution is 0.237. The van der Waals surface area contributed by atoms with Crippen molar-refractivity contribution < 1.29 is 4.74 Å². The molecule has 2 N–H and O–H groups in total. The number of nitrogens with one attached hydrogen (secondary N) is 2. The minimum atomic E-state index is 0. The number of hydrogen-bond donors (Lipinski definition) is 2. The molecule has 0 unspecified atom stereocenters. The standard InChI is InChI=1S/C19H34N4O.HI/c1-7-23(15(2)3)13-12-22-19(20-5)21-11-10-17-9-8-16(4)18(14-17)24-6;/h8-9,14-15H,7,10-13H2,1-6H3,(H2,20,21,22);1H. The molecule has 0 spiro atoms. The quantitative estimate of drug-likeness (QED) is 0.337. The number of methoxy groups -OCH3 is 1. The maximum atomic E-state index is 5.38. The minimum Gasteiger partial charge on any atom is -0.496 e. The second-order valence-corrected chi connectivity index (χ2v) is 6.20. The van der Waals surface area contributed by atoms with Crippen molar-refractivity contribution in [3.05, 3.63) is 29.3 Å². The van der Waals surface area contributed by atoms with Gasteiger partial charge in [0.1, 0.15) is 5.75 Å². The van der Waals surface area contributed by atoms with Gasteiger partial charge in [0, 0.05) is 32.7 Å². The topological polar surface area (TPSA) is 48.9 Å². The third kappa shape index (κ3) is 8.76. The van der Waals surface area contributed by atoms with Gasteiger partial charge in [-0.15, -0.1) is 24.0 Å². The second-order valence-electron chi connectivity index (χ2n) is 6.20. The van der Waals surface area contributed by atoms with E-state index in [1.54, 1.807) is 7.11 Å². The fourth-order valence-corrected chi connectivity index (χ4v) is 2.67. The predicted octanol–water partition coefficient (Wildman–Crippen LogP) is 3.06. The van der Waals surface area contributed by atoms with Crippen LogP contribution >= 0.6 is 24.0 Å². The van der Waals surface area contributed by atoms with Crippen molar-refractivity contribution in [2.24, 2.45) is 4.99 Å². The van der Waals surface area contributed by atoms with Gasteiger partial charge in [0.25, 0.3) is 0 Å². The molecule has 0 bridgehead atoms. The van der Waals surface area contributed by atoms with E-state index in [1.807, 2.05) is 7.05 Å². The van der Waals surface area contributed by atoms with E-state index in [2.05, 4.69) is 66.4 Å². The molecule has 25 heavy (non-hydrogen) atoms. The molecular formula is C19H35IN4O. The molecule has 0 aliphatic carbocycles. The average molecular weight is 462 g/mol. The van der Waals surface area contributed by atoms with Crippen LogP contribution in [0.15, 0.2) is 23.2 Å². The van der Waals surface area contributed by atoms with Crippen LogP contribution in [0.5, 0.6) is 5.75 Å². The summed E-state index contributed by atoms with van der Waals surface area (Å²) in [6.07, 6.45) is 0.935. The number of ether oxygens (including phenoxy) is 1. The van der Waals surface area contributed by atoms with Gasteiger partial charge < -0.3 is 15.4 Å². The zero-order chi connectivity index (χ0) is 17.9. The second kappa shape index (κ2) is 13.2. The molecule has 0 radical (unpaired) electrons. The molecule has 1 aromatic rings. The van der Waals surface area contributed by atoms with Crippen LogP contribution in [0.4, 0.5) is 0 Å². The highest BCUT2D eigenvalue weighted by Gasteiger charge is 2.06. The van der Waals surface area contributed by atoms with Crippen molar-refractivity contribution in [3.63, 3.8) is 0 Å². The summed E-state index contributed by atoms with van der Waals surface area (Å²) in [7, 11) is 3.52. The Bertz CT molecular complexity index is 520. The minimum absolute atomic E-state index is 0. The van der Waals surface area contributed by atoms with Crippen LogP contribution in [0.3, 0.4) is 0 Å². The summed E-state index contributed by atoms with van der Waals surface area (Å²) in [5.74, 6) is 1.80. The van der Waals surface area contributed by atoms with E-state index < -0.39 is 0 Å². The number of aliphatic imine (C=N–C) groups is 1. The van der Waals surface area contributed by atoms with Crippen molar-refractivity contribution >= 4 is 29.9 Å². The number of hydrogen-bond acceptors (Lipinski definition) is 3. The molecule has 0 saturated heterocycles. The van der Waals surface area contributed by atoms with E-state index in [-0.39, 0.29) is 24.0 Å². The first kappa shape index (κ1) is 24.0. The first-order valence-electron chi connectivity index (χ1n) is 8.83. The fraction of sp³-hybridized carbons (Fsp3) is 0.632. The van der Waals surface area contributed by atoms with Crippen LogP contribution in [0, 0.1) is 6.92 Å². The third-order valence-corrected chi connectivity index (χ3v) is 4.23. The van der Waals surface area contributed by atoms with E-state index in [0.29, 0.717) is 6.04 Å². The van der Waals surface area contributed by atoms with Crippen molar-refractivity contribution in [2.75, 3.05) is 40.3 Å². The van der Waals surface area contributed by atoms with Gasteiger partial charge in [0.05, 0.1) is 7.11 Å². The summed E-state index contributed by atoms with van der Waals surface area (Å²) >= 11 is 0. The highest BCUT2D eigenvalue weighted by Crippen LogP contribution is 2.18. The number of nitrogens with zero attached hydrogens (tertiary/aromatic N) is 2. The monoisotopic (exact) mass is 462 g/mol. The number of benzene rings is 1. The molecule has 5 nitrogen and oxygen atoms in total. The molecule has 1 rings (SSSR count). The summed E-state index contributed by atoms with van der Waals surface area (Å²) < 4.78 is 5.38. The average Bonchev–Trinajstić information content (AvgIpc) is 2.58. The Morgan fingerprint density at radius 3 is 2.48 bits per heavy atom. The van der Waals surface area contributed by atoms with Gasteiger partial charge in [-0.2, -0.15) is 0 Å². The first-order valence-corrected chi connectivity index (χ1v) is 8.83. The molecule has 0 amide bonds. The van der Waals surface area contributed by atoms with Gasteiger partial charge in [-0.3, -0.25) is 9.89 Å². The van der Waals surface area contributed by atoms with E-state index in [4.69, 9.17) is 4.74 Å². The van der Waals surface area contributed by atoms with Gasteiger partial charge >= 0.3 is 0 Å².